The van der Waals surface area contributed by atoms with Gasteiger partial charge in [-0.3, -0.25) is 4.79 Å². The molecule has 1 amide bonds. The third-order valence-corrected chi connectivity index (χ3v) is 2.99. The maximum atomic E-state index is 11.9. The fourth-order valence-electron chi connectivity index (χ4n) is 1.79. The highest BCUT2D eigenvalue weighted by atomic mass is 16.3. The molecular formula is C15H18N2O2. The van der Waals surface area contributed by atoms with Gasteiger partial charge < -0.3 is 9.73 Å². The Morgan fingerprint density at radius 3 is 2.63 bits per heavy atom. The summed E-state index contributed by atoms with van der Waals surface area (Å²) < 4.78 is 4.87. The van der Waals surface area contributed by atoms with Gasteiger partial charge in [-0.15, -0.1) is 0 Å². The number of carbonyl (C=O) groups is 1. The monoisotopic (exact) mass is 258 g/mol. The molecule has 0 unspecified atom stereocenters. The first kappa shape index (κ1) is 13.3. The summed E-state index contributed by atoms with van der Waals surface area (Å²) in [5, 5.41) is 2.87. The zero-order valence-electron chi connectivity index (χ0n) is 11.2. The minimum Gasteiger partial charge on any atom is -0.451 e. The Balaban J connectivity index is 1.85. The summed E-state index contributed by atoms with van der Waals surface area (Å²) in [5.74, 6) is 0.420. The van der Waals surface area contributed by atoms with E-state index in [-0.39, 0.29) is 5.91 Å². The molecule has 0 aliphatic rings. The molecule has 2 rings (SSSR count). The minimum absolute atomic E-state index is 0.0567. The molecule has 2 aromatic rings. The van der Waals surface area contributed by atoms with Gasteiger partial charge in [0.2, 0.25) is 0 Å². The fraction of sp³-hybridized carbons (Fsp3) is 0.333. The van der Waals surface area contributed by atoms with Gasteiger partial charge >= 0.3 is 0 Å². The van der Waals surface area contributed by atoms with Crippen molar-refractivity contribution in [2.24, 2.45) is 0 Å². The van der Waals surface area contributed by atoms with E-state index in [0.717, 1.165) is 5.69 Å². The standard InChI is InChI=1S/C15H18N2O2/c1-11(2)12-3-5-13(6-4-12)15(18)16-8-7-14-9-19-10-17-14/h3-6,9-11H,7-8H2,1-2H3,(H,16,18). The highest BCUT2D eigenvalue weighted by Gasteiger charge is 2.06. The zero-order valence-corrected chi connectivity index (χ0v) is 11.2. The molecule has 100 valence electrons. The molecule has 1 aromatic heterocycles. The minimum atomic E-state index is -0.0567. The van der Waals surface area contributed by atoms with Crippen molar-refractivity contribution in [2.75, 3.05) is 6.54 Å². The van der Waals surface area contributed by atoms with Crippen LogP contribution in [0.2, 0.25) is 0 Å². The summed E-state index contributed by atoms with van der Waals surface area (Å²) in [6, 6.07) is 7.72. The molecule has 0 atom stereocenters. The van der Waals surface area contributed by atoms with E-state index >= 15 is 0 Å². The van der Waals surface area contributed by atoms with E-state index in [4.69, 9.17) is 4.42 Å². The smallest absolute Gasteiger partial charge is 0.251 e. The predicted octanol–water partition coefficient (Wildman–Crippen LogP) is 2.77. The Labute approximate surface area is 112 Å². The van der Waals surface area contributed by atoms with Crippen LogP contribution in [0, 0.1) is 0 Å². The molecule has 0 saturated heterocycles. The van der Waals surface area contributed by atoms with Crippen molar-refractivity contribution in [2.45, 2.75) is 26.2 Å². The van der Waals surface area contributed by atoms with Gasteiger partial charge in [0.15, 0.2) is 6.39 Å². The second kappa shape index (κ2) is 6.18. The lowest BCUT2D eigenvalue weighted by Crippen LogP contribution is -2.25. The average Bonchev–Trinajstić information content (AvgIpc) is 2.92. The van der Waals surface area contributed by atoms with Gasteiger partial charge in [-0.05, 0) is 23.6 Å². The van der Waals surface area contributed by atoms with Gasteiger partial charge in [0.05, 0.1) is 5.69 Å². The quantitative estimate of drug-likeness (QED) is 0.897. The Kier molecular flexibility index (Phi) is 4.34. The van der Waals surface area contributed by atoms with Crippen LogP contribution in [-0.2, 0) is 6.42 Å². The van der Waals surface area contributed by atoms with Crippen LogP contribution in [0.3, 0.4) is 0 Å². The lowest BCUT2D eigenvalue weighted by Gasteiger charge is -2.07. The van der Waals surface area contributed by atoms with Crippen LogP contribution in [0.4, 0.5) is 0 Å². The largest absolute Gasteiger partial charge is 0.451 e. The van der Waals surface area contributed by atoms with Gasteiger partial charge in [0.1, 0.15) is 6.26 Å². The number of nitrogens with zero attached hydrogens (tertiary/aromatic N) is 1. The van der Waals surface area contributed by atoms with Crippen LogP contribution in [0.1, 0.15) is 41.4 Å². The third kappa shape index (κ3) is 3.68. The van der Waals surface area contributed by atoms with E-state index in [2.05, 4.69) is 24.1 Å². The molecule has 1 heterocycles. The van der Waals surface area contributed by atoms with Gasteiger partial charge in [0, 0.05) is 18.5 Å². The van der Waals surface area contributed by atoms with E-state index in [1.165, 1.54) is 12.0 Å². The summed E-state index contributed by atoms with van der Waals surface area (Å²) in [7, 11) is 0. The number of benzene rings is 1. The van der Waals surface area contributed by atoms with Crippen molar-refractivity contribution in [3.8, 4) is 0 Å². The summed E-state index contributed by atoms with van der Waals surface area (Å²) in [6.45, 7) is 4.82. The Bertz CT molecular complexity index is 516. The normalized spacial score (nSPS) is 10.7. The number of rotatable bonds is 5. The highest BCUT2D eigenvalue weighted by Crippen LogP contribution is 2.14. The molecule has 1 N–H and O–H groups in total. The van der Waals surface area contributed by atoms with Gasteiger partial charge in [-0.2, -0.15) is 0 Å². The van der Waals surface area contributed by atoms with Crippen LogP contribution in [0.25, 0.3) is 0 Å². The molecular weight excluding hydrogens is 240 g/mol. The second-order valence-electron chi connectivity index (χ2n) is 4.76. The fourth-order valence-corrected chi connectivity index (χ4v) is 1.79. The third-order valence-electron chi connectivity index (χ3n) is 2.99. The van der Waals surface area contributed by atoms with Crippen molar-refractivity contribution in [3.63, 3.8) is 0 Å². The molecule has 0 aliphatic heterocycles. The van der Waals surface area contributed by atoms with Crippen LogP contribution >= 0.6 is 0 Å². The molecule has 0 aliphatic carbocycles. The lowest BCUT2D eigenvalue weighted by molar-refractivity contribution is 0.0954. The first-order valence-electron chi connectivity index (χ1n) is 6.42. The summed E-state index contributed by atoms with van der Waals surface area (Å²) >= 11 is 0. The van der Waals surface area contributed by atoms with Crippen LogP contribution < -0.4 is 5.32 Å². The maximum absolute atomic E-state index is 11.9. The Hall–Kier alpha value is -2.10. The Morgan fingerprint density at radius 2 is 2.05 bits per heavy atom. The van der Waals surface area contributed by atoms with Crippen LogP contribution in [0.5, 0.6) is 0 Å². The van der Waals surface area contributed by atoms with Gasteiger partial charge in [0.25, 0.3) is 5.91 Å². The van der Waals surface area contributed by atoms with Crippen molar-refractivity contribution >= 4 is 5.91 Å². The molecule has 0 saturated carbocycles. The maximum Gasteiger partial charge on any atom is 0.251 e. The predicted molar refractivity (Wildman–Crippen MR) is 73.1 cm³/mol. The topological polar surface area (TPSA) is 55.1 Å². The molecule has 4 nitrogen and oxygen atoms in total. The number of hydrogen-bond donors (Lipinski definition) is 1. The zero-order chi connectivity index (χ0) is 13.7. The summed E-state index contributed by atoms with van der Waals surface area (Å²) in [4.78, 5) is 15.9. The molecule has 0 radical (unpaired) electrons. The summed E-state index contributed by atoms with van der Waals surface area (Å²) in [5.41, 5.74) is 2.76. The van der Waals surface area contributed by atoms with E-state index in [1.807, 2.05) is 24.3 Å². The van der Waals surface area contributed by atoms with Gasteiger partial charge in [-0.25, -0.2) is 4.98 Å². The SMILES string of the molecule is CC(C)c1ccc(C(=O)NCCc2cocn2)cc1. The average molecular weight is 258 g/mol. The Morgan fingerprint density at radius 1 is 1.32 bits per heavy atom. The van der Waals surface area contributed by atoms with Crippen molar-refractivity contribution < 1.29 is 9.21 Å². The number of oxazole rings is 1. The van der Waals surface area contributed by atoms with E-state index in [9.17, 15) is 4.79 Å². The number of carbonyl (C=O) groups excluding carboxylic acids is 1. The van der Waals surface area contributed by atoms with E-state index in [1.54, 1.807) is 6.26 Å². The molecule has 4 heteroatoms. The van der Waals surface area contributed by atoms with Crippen molar-refractivity contribution in [1.29, 1.82) is 0 Å². The van der Waals surface area contributed by atoms with E-state index < -0.39 is 0 Å². The molecule has 19 heavy (non-hydrogen) atoms. The van der Waals surface area contributed by atoms with Crippen LogP contribution in [-0.4, -0.2) is 17.4 Å². The van der Waals surface area contributed by atoms with Crippen molar-refractivity contribution in [1.82, 2.24) is 10.3 Å². The number of aromatic nitrogens is 1. The number of hydrogen-bond acceptors (Lipinski definition) is 3. The lowest BCUT2D eigenvalue weighted by atomic mass is 10.0. The van der Waals surface area contributed by atoms with Gasteiger partial charge in [-0.1, -0.05) is 26.0 Å². The van der Waals surface area contributed by atoms with Crippen molar-refractivity contribution in [3.05, 3.63) is 53.7 Å². The molecule has 0 spiro atoms. The first-order valence-corrected chi connectivity index (χ1v) is 6.42. The highest BCUT2D eigenvalue weighted by molar-refractivity contribution is 5.94. The molecule has 0 bridgehead atoms. The first-order chi connectivity index (χ1) is 9.16. The molecule has 0 fully saturated rings. The second-order valence-corrected chi connectivity index (χ2v) is 4.76. The summed E-state index contributed by atoms with van der Waals surface area (Å²) in [6.07, 6.45) is 3.65. The van der Waals surface area contributed by atoms with Crippen LogP contribution in [0.15, 0.2) is 41.3 Å². The number of nitrogens with one attached hydrogen (secondary N) is 1. The number of amides is 1. The van der Waals surface area contributed by atoms with E-state index in [0.29, 0.717) is 24.4 Å². The molecule has 1 aromatic carbocycles.